The molecule has 0 aromatic heterocycles. The first-order valence-electron chi connectivity index (χ1n) is 7.11. The molecule has 1 atom stereocenters. The molecule has 2 amide bonds. The van der Waals surface area contributed by atoms with Crippen LogP contribution in [0, 0.1) is 0 Å². The van der Waals surface area contributed by atoms with E-state index in [0.717, 1.165) is 28.9 Å². The zero-order valence-corrected chi connectivity index (χ0v) is 12.4. The average molecular weight is 283 g/mol. The van der Waals surface area contributed by atoms with Gasteiger partial charge in [-0.1, -0.05) is 37.3 Å². The molecule has 1 unspecified atom stereocenters. The van der Waals surface area contributed by atoms with E-state index in [9.17, 15) is 4.79 Å². The predicted molar refractivity (Wildman–Crippen MR) is 87.5 cm³/mol. The van der Waals surface area contributed by atoms with Crippen molar-refractivity contribution in [2.75, 3.05) is 10.6 Å². The van der Waals surface area contributed by atoms with Gasteiger partial charge >= 0.3 is 6.03 Å². The van der Waals surface area contributed by atoms with Crippen molar-refractivity contribution >= 4 is 17.4 Å². The molecule has 4 nitrogen and oxygen atoms in total. The number of urea groups is 1. The van der Waals surface area contributed by atoms with Crippen molar-refractivity contribution in [1.82, 2.24) is 0 Å². The molecule has 0 spiro atoms. The molecule has 0 saturated carbocycles. The fourth-order valence-electron chi connectivity index (χ4n) is 2.11. The number of rotatable bonds is 4. The lowest BCUT2D eigenvalue weighted by Crippen LogP contribution is -2.20. The van der Waals surface area contributed by atoms with Crippen LogP contribution in [-0.4, -0.2) is 6.03 Å². The maximum absolute atomic E-state index is 12.0. The van der Waals surface area contributed by atoms with Crippen LogP contribution in [0.1, 0.15) is 31.0 Å². The summed E-state index contributed by atoms with van der Waals surface area (Å²) in [5.74, 6) is 0. The number of nitrogens with two attached hydrogens (primary N) is 1. The minimum atomic E-state index is -0.246. The lowest BCUT2D eigenvalue weighted by Gasteiger charge is -2.11. The van der Waals surface area contributed by atoms with Gasteiger partial charge in [0.1, 0.15) is 0 Å². The number of aryl methyl sites for hydroxylation is 1. The highest BCUT2D eigenvalue weighted by atomic mass is 16.2. The second kappa shape index (κ2) is 6.90. The summed E-state index contributed by atoms with van der Waals surface area (Å²) in [4.78, 5) is 12.0. The maximum atomic E-state index is 12.0. The van der Waals surface area contributed by atoms with Crippen molar-refractivity contribution in [3.8, 4) is 0 Å². The maximum Gasteiger partial charge on any atom is 0.323 e. The summed E-state index contributed by atoms with van der Waals surface area (Å²) in [5.41, 5.74) is 9.53. The Morgan fingerprint density at radius 2 is 1.76 bits per heavy atom. The van der Waals surface area contributed by atoms with Crippen molar-refractivity contribution in [3.63, 3.8) is 0 Å². The number of anilines is 2. The van der Waals surface area contributed by atoms with Gasteiger partial charge in [0.2, 0.25) is 0 Å². The van der Waals surface area contributed by atoms with E-state index in [4.69, 9.17) is 5.73 Å². The van der Waals surface area contributed by atoms with Crippen molar-refractivity contribution in [2.45, 2.75) is 26.3 Å². The van der Waals surface area contributed by atoms with E-state index in [1.165, 1.54) is 0 Å². The van der Waals surface area contributed by atoms with Crippen LogP contribution in [0.4, 0.5) is 16.2 Å². The zero-order valence-electron chi connectivity index (χ0n) is 12.4. The van der Waals surface area contributed by atoms with Crippen molar-refractivity contribution in [1.29, 1.82) is 0 Å². The van der Waals surface area contributed by atoms with Crippen LogP contribution >= 0.6 is 0 Å². The van der Waals surface area contributed by atoms with Crippen LogP contribution in [0.5, 0.6) is 0 Å². The van der Waals surface area contributed by atoms with Gasteiger partial charge in [0.25, 0.3) is 0 Å². The Kier molecular flexibility index (Phi) is 4.95. The van der Waals surface area contributed by atoms with Crippen LogP contribution in [0.2, 0.25) is 0 Å². The Hall–Kier alpha value is -2.33. The number of carbonyl (C=O) groups excluding carboxylic acids is 1. The zero-order chi connectivity index (χ0) is 15.2. The summed E-state index contributed by atoms with van der Waals surface area (Å²) < 4.78 is 0. The van der Waals surface area contributed by atoms with E-state index in [-0.39, 0.29) is 12.1 Å². The van der Waals surface area contributed by atoms with E-state index in [1.807, 2.05) is 55.5 Å². The quantitative estimate of drug-likeness (QED) is 0.796. The molecule has 0 aliphatic rings. The van der Waals surface area contributed by atoms with E-state index < -0.39 is 0 Å². The molecule has 4 N–H and O–H groups in total. The van der Waals surface area contributed by atoms with Gasteiger partial charge < -0.3 is 16.4 Å². The summed E-state index contributed by atoms with van der Waals surface area (Å²) >= 11 is 0. The molecular formula is C17H21N3O. The summed E-state index contributed by atoms with van der Waals surface area (Å²) in [6.45, 7) is 3.99. The Labute approximate surface area is 125 Å². The van der Waals surface area contributed by atoms with Gasteiger partial charge in [-0.25, -0.2) is 4.79 Å². The number of benzene rings is 2. The van der Waals surface area contributed by atoms with Gasteiger partial charge in [-0.3, -0.25) is 0 Å². The van der Waals surface area contributed by atoms with Crippen molar-refractivity contribution in [3.05, 3.63) is 59.7 Å². The number of carbonyl (C=O) groups is 1. The average Bonchev–Trinajstić information content (AvgIpc) is 2.48. The van der Waals surface area contributed by atoms with Crippen molar-refractivity contribution in [2.24, 2.45) is 5.73 Å². The predicted octanol–water partition coefficient (Wildman–Crippen LogP) is 3.91. The Morgan fingerprint density at radius 1 is 1.10 bits per heavy atom. The number of hydrogen-bond donors (Lipinski definition) is 3. The minimum Gasteiger partial charge on any atom is -0.324 e. The molecule has 21 heavy (non-hydrogen) atoms. The molecular weight excluding hydrogens is 262 g/mol. The third kappa shape index (κ3) is 4.07. The second-order valence-electron chi connectivity index (χ2n) is 5.00. The van der Waals surface area contributed by atoms with Gasteiger partial charge in [-0.15, -0.1) is 0 Å². The van der Waals surface area contributed by atoms with E-state index >= 15 is 0 Å². The standard InChI is InChI=1S/C17H21N3O/c1-3-13-6-4-5-7-16(13)20-17(21)19-15-10-8-14(9-11-15)12(2)18/h4-12H,3,18H2,1-2H3,(H2,19,20,21). The highest BCUT2D eigenvalue weighted by molar-refractivity contribution is 6.00. The molecule has 2 aromatic rings. The molecule has 0 heterocycles. The highest BCUT2D eigenvalue weighted by Crippen LogP contribution is 2.17. The van der Waals surface area contributed by atoms with E-state index in [1.54, 1.807) is 0 Å². The van der Waals surface area contributed by atoms with Gasteiger partial charge in [0.05, 0.1) is 0 Å². The fraction of sp³-hybridized carbons (Fsp3) is 0.235. The minimum absolute atomic E-state index is 0.00990. The normalized spacial score (nSPS) is 11.8. The van der Waals surface area contributed by atoms with Crippen LogP contribution in [0.15, 0.2) is 48.5 Å². The SMILES string of the molecule is CCc1ccccc1NC(=O)Nc1ccc(C(C)N)cc1. The molecule has 110 valence electrons. The molecule has 2 rings (SSSR count). The van der Waals surface area contributed by atoms with Gasteiger partial charge in [-0.2, -0.15) is 0 Å². The molecule has 0 radical (unpaired) electrons. The second-order valence-corrected chi connectivity index (χ2v) is 5.00. The van der Waals surface area contributed by atoms with Crippen LogP contribution in [-0.2, 0) is 6.42 Å². The monoisotopic (exact) mass is 283 g/mol. The third-order valence-corrected chi connectivity index (χ3v) is 3.34. The lowest BCUT2D eigenvalue weighted by molar-refractivity contribution is 0.262. The van der Waals surface area contributed by atoms with E-state index in [2.05, 4.69) is 17.6 Å². The highest BCUT2D eigenvalue weighted by Gasteiger charge is 2.06. The number of amides is 2. The first-order valence-corrected chi connectivity index (χ1v) is 7.11. The third-order valence-electron chi connectivity index (χ3n) is 3.34. The molecule has 0 aliphatic carbocycles. The summed E-state index contributed by atoms with van der Waals surface area (Å²) in [6, 6.07) is 15.1. The van der Waals surface area contributed by atoms with Crippen molar-refractivity contribution < 1.29 is 4.79 Å². The molecule has 0 saturated heterocycles. The van der Waals surface area contributed by atoms with Crippen LogP contribution < -0.4 is 16.4 Å². The molecule has 4 heteroatoms. The number of hydrogen-bond acceptors (Lipinski definition) is 2. The Bertz CT molecular complexity index is 606. The van der Waals surface area contributed by atoms with Gasteiger partial charge in [0.15, 0.2) is 0 Å². The van der Waals surface area contributed by atoms with E-state index in [0.29, 0.717) is 0 Å². The van der Waals surface area contributed by atoms with Gasteiger partial charge in [-0.05, 0) is 42.7 Å². The first-order chi connectivity index (χ1) is 10.1. The number of nitrogens with one attached hydrogen (secondary N) is 2. The lowest BCUT2D eigenvalue weighted by atomic mass is 10.1. The Morgan fingerprint density at radius 3 is 2.38 bits per heavy atom. The molecule has 2 aromatic carbocycles. The smallest absolute Gasteiger partial charge is 0.323 e. The largest absolute Gasteiger partial charge is 0.324 e. The molecule has 0 bridgehead atoms. The first kappa shape index (κ1) is 15.1. The Balaban J connectivity index is 2.01. The summed E-state index contributed by atoms with van der Waals surface area (Å²) in [5, 5.41) is 5.69. The molecule has 0 aliphatic heterocycles. The summed E-state index contributed by atoms with van der Waals surface area (Å²) in [7, 11) is 0. The topological polar surface area (TPSA) is 67.2 Å². The fourth-order valence-corrected chi connectivity index (χ4v) is 2.11. The van der Waals surface area contributed by atoms with Gasteiger partial charge in [0, 0.05) is 17.4 Å². The number of para-hydroxylation sites is 1. The summed E-state index contributed by atoms with van der Waals surface area (Å²) in [6.07, 6.45) is 0.875. The molecule has 0 fully saturated rings. The van der Waals surface area contributed by atoms with Crippen LogP contribution in [0.3, 0.4) is 0 Å². The van der Waals surface area contributed by atoms with Crippen LogP contribution in [0.25, 0.3) is 0 Å².